The lowest BCUT2D eigenvalue weighted by Crippen LogP contribution is -2.39. The van der Waals surface area contributed by atoms with Crippen LogP contribution in [0.25, 0.3) is 0 Å². The van der Waals surface area contributed by atoms with Gasteiger partial charge in [-0.25, -0.2) is 4.79 Å². The second-order valence-electron chi connectivity index (χ2n) is 6.52. The van der Waals surface area contributed by atoms with Crippen molar-refractivity contribution < 1.29 is 4.79 Å². The molecule has 1 aromatic heterocycles. The lowest BCUT2D eigenvalue weighted by Gasteiger charge is -2.16. The molecule has 0 radical (unpaired) electrons. The Morgan fingerprint density at radius 3 is 2.83 bits per heavy atom. The van der Waals surface area contributed by atoms with Crippen LogP contribution in [-0.4, -0.2) is 40.3 Å². The van der Waals surface area contributed by atoms with Crippen molar-refractivity contribution in [3.8, 4) is 0 Å². The van der Waals surface area contributed by atoms with E-state index in [0.29, 0.717) is 11.0 Å². The third kappa shape index (κ3) is 3.91. The van der Waals surface area contributed by atoms with Gasteiger partial charge < -0.3 is 5.32 Å². The quantitative estimate of drug-likeness (QED) is 0.876. The number of amides is 2. The first-order valence-corrected chi connectivity index (χ1v) is 9.25. The average molecular weight is 343 g/mol. The molecule has 1 aliphatic carbocycles. The highest BCUT2D eigenvalue weighted by molar-refractivity contribution is 7.15. The number of likely N-dealkylation sites (tertiary alicyclic amines) is 1. The number of anilines is 1. The number of hydrogen-bond acceptors (Lipinski definition) is 5. The van der Waals surface area contributed by atoms with Crippen molar-refractivity contribution in [2.45, 2.75) is 37.8 Å². The molecule has 7 heteroatoms. The van der Waals surface area contributed by atoms with E-state index in [1.165, 1.54) is 29.7 Å². The Labute approximate surface area is 145 Å². The monoisotopic (exact) mass is 343 g/mol. The number of carbonyl (C=O) groups excluding carboxylic acids is 1. The highest BCUT2D eigenvalue weighted by Gasteiger charge is 2.28. The van der Waals surface area contributed by atoms with Crippen LogP contribution >= 0.6 is 11.3 Å². The van der Waals surface area contributed by atoms with Gasteiger partial charge in [0.2, 0.25) is 5.13 Å². The van der Waals surface area contributed by atoms with Crippen molar-refractivity contribution in [2.24, 2.45) is 0 Å². The van der Waals surface area contributed by atoms with E-state index in [1.807, 2.05) is 6.07 Å². The first kappa shape index (κ1) is 15.5. The van der Waals surface area contributed by atoms with Crippen molar-refractivity contribution in [2.75, 3.05) is 18.4 Å². The summed E-state index contributed by atoms with van der Waals surface area (Å²) in [6.45, 7) is 2.82. The highest BCUT2D eigenvalue weighted by atomic mass is 32.1. The third-order valence-corrected chi connectivity index (χ3v) is 5.45. The number of urea groups is 1. The van der Waals surface area contributed by atoms with Crippen LogP contribution in [0.2, 0.25) is 0 Å². The van der Waals surface area contributed by atoms with Crippen LogP contribution in [0.15, 0.2) is 30.3 Å². The van der Waals surface area contributed by atoms with E-state index in [9.17, 15) is 4.79 Å². The smallest absolute Gasteiger partial charge is 0.321 e. The van der Waals surface area contributed by atoms with Crippen LogP contribution in [0.1, 0.15) is 35.8 Å². The van der Waals surface area contributed by atoms with Crippen molar-refractivity contribution in [3.63, 3.8) is 0 Å². The molecule has 4 rings (SSSR count). The van der Waals surface area contributed by atoms with E-state index in [2.05, 4.69) is 50.0 Å². The minimum absolute atomic E-state index is 0.181. The van der Waals surface area contributed by atoms with Crippen LogP contribution in [0, 0.1) is 0 Å². The minimum Gasteiger partial charge on any atom is -0.334 e. The summed E-state index contributed by atoms with van der Waals surface area (Å²) in [7, 11) is 0. The summed E-state index contributed by atoms with van der Waals surface area (Å²) in [6, 6.07) is 10.4. The van der Waals surface area contributed by atoms with Gasteiger partial charge in [0, 0.05) is 31.6 Å². The maximum atomic E-state index is 12.1. The highest BCUT2D eigenvalue weighted by Crippen LogP contribution is 2.42. The van der Waals surface area contributed by atoms with Gasteiger partial charge in [0.05, 0.1) is 0 Å². The van der Waals surface area contributed by atoms with Crippen molar-refractivity contribution in [3.05, 3.63) is 40.9 Å². The topological polar surface area (TPSA) is 70.1 Å². The maximum Gasteiger partial charge on any atom is 0.321 e. The number of hydrogen-bond donors (Lipinski definition) is 2. The fourth-order valence-corrected chi connectivity index (χ4v) is 3.94. The van der Waals surface area contributed by atoms with E-state index < -0.39 is 0 Å². The summed E-state index contributed by atoms with van der Waals surface area (Å²) in [6.07, 6.45) is 3.37. The second-order valence-corrected chi connectivity index (χ2v) is 7.53. The Morgan fingerprint density at radius 1 is 1.21 bits per heavy atom. The molecule has 2 fully saturated rings. The van der Waals surface area contributed by atoms with Gasteiger partial charge in [-0.05, 0) is 24.8 Å². The van der Waals surface area contributed by atoms with Crippen molar-refractivity contribution in [1.29, 1.82) is 0 Å². The minimum atomic E-state index is -0.181. The number of benzene rings is 1. The SMILES string of the molecule is O=C(Nc1nnc(C2CC2)s1)NC1CCN(Cc2ccccc2)C1. The van der Waals surface area contributed by atoms with Gasteiger partial charge in [0.25, 0.3) is 0 Å². The molecule has 126 valence electrons. The summed E-state index contributed by atoms with van der Waals surface area (Å²) in [5, 5.41) is 15.7. The molecule has 1 saturated carbocycles. The molecule has 2 heterocycles. The van der Waals surface area contributed by atoms with Gasteiger partial charge in [-0.3, -0.25) is 10.2 Å². The standard InChI is InChI=1S/C17H21N5OS/c23-16(19-17-21-20-15(24-17)13-6-7-13)18-14-8-9-22(11-14)10-12-4-2-1-3-5-12/h1-5,13-14H,6-11H2,(H2,18,19,21,23). The Kier molecular flexibility index (Phi) is 4.44. The van der Waals surface area contributed by atoms with Gasteiger partial charge in [-0.1, -0.05) is 41.7 Å². The van der Waals surface area contributed by atoms with Crippen LogP contribution < -0.4 is 10.6 Å². The largest absolute Gasteiger partial charge is 0.334 e. The summed E-state index contributed by atoms with van der Waals surface area (Å²) < 4.78 is 0. The zero-order valence-corrected chi connectivity index (χ0v) is 14.3. The number of nitrogens with zero attached hydrogens (tertiary/aromatic N) is 3. The van der Waals surface area contributed by atoms with E-state index in [0.717, 1.165) is 31.1 Å². The summed E-state index contributed by atoms with van der Waals surface area (Å²) in [4.78, 5) is 14.5. The number of rotatable bonds is 5. The first-order valence-electron chi connectivity index (χ1n) is 8.43. The summed E-state index contributed by atoms with van der Waals surface area (Å²) in [5.74, 6) is 0.572. The Hall–Kier alpha value is -1.99. The van der Waals surface area contributed by atoms with Crippen LogP contribution in [0.4, 0.5) is 9.93 Å². The molecule has 6 nitrogen and oxygen atoms in total. The average Bonchev–Trinajstić information content (AvgIpc) is 3.18. The molecule has 2 N–H and O–H groups in total. The Bertz CT molecular complexity index is 700. The zero-order valence-electron chi connectivity index (χ0n) is 13.4. The number of nitrogens with one attached hydrogen (secondary N) is 2. The van der Waals surface area contributed by atoms with Crippen LogP contribution in [0.3, 0.4) is 0 Å². The van der Waals surface area contributed by atoms with E-state index in [4.69, 9.17) is 0 Å². The Balaban J connectivity index is 1.24. The fourth-order valence-electron chi connectivity index (χ4n) is 3.03. The molecule has 2 amide bonds. The Morgan fingerprint density at radius 2 is 2.04 bits per heavy atom. The lowest BCUT2D eigenvalue weighted by molar-refractivity contribution is 0.247. The molecular formula is C17H21N5OS. The van der Waals surface area contributed by atoms with Crippen molar-refractivity contribution in [1.82, 2.24) is 20.4 Å². The van der Waals surface area contributed by atoms with E-state index in [1.54, 1.807) is 0 Å². The van der Waals surface area contributed by atoms with Gasteiger partial charge in [-0.2, -0.15) is 0 Å². The normalized spacial score (nSPS) is 20.9. The molecule has 24 heavy (non-hydrogen) atoms. The molecule has 0 spiro atoms. The molecule has 1 saturated heterocycles. The number of aromatic nitrogens is 2. The van der Waals surface area contributed by atoms with E-state index in [-0.39, 0.29) is 12.1 Å². The van der Waals surface area contributed by atoms with Gasteiger partial charge in [0.1, 0.15) is 5.01 Å². The summed E-state index contributed by atoms with van der Waals surface area (Å²) in [5.41, 5.74) is 1.31. The van der Waals surface area contributed by atoms with Gasteiger partial charge in [0.15, 0.2) is 0 Å². The molecule has 0 bridgehead atoms. The number of carbonyl (C=O) groups is 1. The molecule has 1 unspecified atom stereocenters. The molecule has 2 aliphatic rings. The first-order chi connectivity index (χ1) is 11.8. The molecule has 1 atom stereocenters. The third-order valence-electron chi connectivity index (χ3n) is 4.44. The molecule has 1 aliphatic heterocycles. The molecular weight excluding hydrogens is 322 g/mol. The molecule has 1 aromatic carbocycles. The van der Waals surface area contributed by atoms with Gasteiger partial charge >= 0.3 is 6.03 Å². The lowest BCUT2D eigenvalue weighted by atomic mass is 10.2. The fraction of sp³-hybridized carbons (Fsp3) is 0.471. The molecule has 2 aromatic rings. The predicted molar refractivity (Wildman–Crippen MR) is 94.2 cm³/mol. The van der Waals surface area contributed by atoms with Gasteiger partial charge in [-0.15, -0.1) is 10.2 Å². The van der Waals surface area contributed by atoms with Crippen LogP contribution in [-0.2, 0) is 6.54 Å². The predicted octanol–water partition coefficient (Wildman–Crippen LogP) is 2.81. The second kappa shape index (κ2) is 6.86. The van der Waals surface area contributed by atoms with Crippen LogP contribution in [0.5, 0.6) is 0 Å². The van der Waals surface area contributed by atoms with Crippen molar-refractivity contribution >= 4 is 22.5 Å². The zero-order chi connectivity index (χ0) is 16.4. The maximum absolute atomic E-state index is 12.1. The van der Waals surface area contributed by atoms with E-state index >= 15 is 0 Å². The summed E-state index contributed by atoms with van der Waals surface area (Å²) >= 11 is 1.49.